The maximum Gasteiger partial charge on any atom is 0.223 e. The van der Waals surface area contributed by atoms with Gasteiger partial charge >= 0.3 is 0 Å². The van der Waals surface area contributed by atoms with Crippen LogP contribution in [-0.4, -0.2) is 19.0 Å². The quantitative estimate of drug-likeness (QED) is 0.855. The second-order valence-electron chi connectivity index (χ2n) is 5.51. The van der Waals surface area contributed by atoms with Gasteiger partial charge in [-0.1, -0.05) is 0 Å². The summed E-state index contributed by atoms with van der Waals surface area (Å²) < 4.78 is 5.47. The van der Waals surface area contributed by atoms with Crippen LogP contribution < -0.4 is 11.1 Å². The van der Waals surface area contributed by atoms with Crippen LogP contribution in [0.25, 0.3) is 0 Å². The maximum absolute atomic E-state index is 12.0. The van der Waals surface area contributed by atoms with Crippen molar-refractivity contribution >= 4 is 5.91 Å². The summed E-state index contributed by atoms with van der Waals surface area (Å²) in [4.78, 5) is 12.0. The van der Waals surface area contributed by atoms with Gasteiger partial charge in [0.1, 0.15) is 11.5 Å². The van der Waals surface area contributed by atoms with E-state index in [1.165, 1.54) is 0 Å². The molecular formula is C15H24N2O2. The zero-order valence-electron chi connectivity index (χ0n) is 11.7. The zero-order chi connectivity index (χ0) is 13.7. The van der Waals surface area contributed by atoms with E-state index in [-0.39, 0.29) is 11.8 Å². The molecule has 1 aromatic heterocycles. The molecular weight excluding hydrogens is 240 g/mol. The van der Waals surface area contributed by atoms with Crippen LogP contribution >= 0.6 is 0 Å². The minimum absolute atomic E-state index is 0.182. The number of hydrogen-bond acceptors (Lipinski definition) is 3. The molecule has 106 valence electrons. The zero-order valence-corrected chi connectivity index (χ0v) is 11.7. The van der Waals surface area contributed by atoms with E-state index in [1.807, 2.05) is 19.1 Å². The van der Waals surface area contributed by atoms with Crippen molar-refractivity contribution in [3.8, 4) is 0 Å². The van der Waals surface area contributed by atoms with Crippen molar-refractivity contribution in [2.24, 2.45) is 17.6 Å². The first kappa shape index (κ1) is 14.1. The largest absolute Gasteiger partial charge is 0.466 e. The van der Waals surface area contributed by atoms with E-state index in [2.05, 4.69) is 5.32 Å². The van der Waals surface area contributed by atoms with Gasteiger partial charge in [0.05, 0.1) is 0 Å². The van der Waals surface area contributed by atoms with Crippen LogP contribution in [0.15, 0.2) is 16.5 Å². The number of aryl methyl sites for hydroxylation is 1. The molecule has 1 aliphatic carbocycles. The van der Waals surface area contributed by atoms with E-state index in [4.69, 9.17) is 10.2 Å². The molecule has 4 heteroatoms. The molecule has 0 spiro atoms. The van der Waals surface area contributed by atoms with Crippen molar-refractivity contribution in [2.75, 3.05) is 13.1 Å². The van der Waals surface area contributed by atoms with E-state index in [0.717, 1.165) is 50.2 Å². The lowest BCUT2D eigenvalue weighted by Gasteiger charge is -2.26. The Bertz CT molecular complexity index is 406. The van der Waals surface area contributed by atoms with Crippen LogP contribution in [0.4, 0.5) is 0 Å². The first-order chi connectivity index (χ1) is 9.19. The van der Waals surface area contributed by atoms with Gasteiger partial charge in [0.15, 0.2) is 0 Å². The fourth-order valence-corrected chi connectivity index (χ4v) is 2.73. The van der Waals surface area contributed by atoms with Crippen molar-refractivity contribution < 1.29 is 9.21 Å². The summed E-state index contributed by atoms with van der Waals surface area (Å²) in [5.41, 5.74) is 5.66. The Balaban J connectivity index is 1.67. The molecule has 1 amide bonds. The molecule has 0 bridgehead atoms. The molecule has 0 aromatic carbocycles. The molecule has 0 atom stereocenters. The van der Waals surface area contributed by atoms with Gasteiger partial charge in [0, 0.05) is 18.9 Å². The summed E-state index contributed by atoms with van der Waals surface area (Å²) in [6.07, 6.45) is 4.90. The van der Waals surface area contributed by atoms with E-state index < -0.39 is 0 Å². The predicted octanol–water partition coefficient (Wildman–Crippen LogP) is 2.01. The predicted molar refractivity (Wildman–Crippen MR) is 74.7 cm³/mol. The van der Waals surface area contributed by atoms with E-state index in [9.17, 15) is 4.79 Å². The summed E-state index contributed by atoms with van der Waals surface area (Å²) >= 11 is 0. The Morgan fingerprint density at radius 1 is 1.37 bits per heavy atom. The van der Waals surface area contributed by atoms with Gasteiger partial charge in [-0.15, -0.1) is 0 Å². The van der Waals surface area contributed by atoms with E-state index in [0.29, 0.717) is 12.5 Å². The van der Waals surface area contributed by atoms with Gasteiger partial charge in [-0.2, -0.15) is 0 Å². The van der Waals surface area contributed by atoms with Crippen molar-refractivity contribution in [1.82, 2.24) is 5.32 Å². The van der Waals surface area contributed by atoms with Crippen molar-refractivity contribution in [1.29, 1.82) is 0 Å². The minimum atomic E-state index is 0.182. The summed E-state index contributed by atoms with van der Waals surface area (Å²) in [6.45, 7) is 3.34. The molecule has 4 nitrogen and oxygen atoms in total. The molecule has 0 aliphatic heterocycles. The summed E-state index contributed by atoms with van der Waals surface area (Å²) in [5, 5.41) is 3.01. The number of nitrogens with two attached hydrogens (primary N) is 1. The van der Waals surface area contributed by atoms with Gasteiger partial charge in [-0.25, -0.2) is 0 Å². The third kappa shape index (κ3) is 4.10. The topological polar surface area (TPSA) is 68.3 Å². The second-order valence-corrected chi connectivity index (χ2v) is 5.51. The molecule has 1 aliphatic rings. The highest BCUT2D eigenvalue weighted by Crippen LogP contribution is 2.28. The second kappa shape index (κ2) is 6.75. The fraction of sp³-hybridized carbons (Fsp3) is 0.667. The molecule has 1 aromatic rings. The number of nitrogens with one attached hydrogen (secondary N) is 1. The van der Waals surface area contributed by atoms with Gasteiger partial charge < -0.3 is 15.5 Å². The summed E-state index contributed by atoms with van der Waals surface area (Å²) in [5.74, 6) is 2.85. The standard InChI is InChI=1S/C15H24N2O2/c1-11-2-7-14(19-11)8-9-17-15(18)13-5-3-12(10-16)4-6-13/h2,7,12-13H,3-6,8-10,16H2,1H3,(H,17,18). The smallest absolute Gasteiger partial charge is 0.223 e. The van der Waals surface area contributed by atoms with Crippen LogP contribution in [0.1, 0.15) is 37.2 Å². The molecule has 19 heavy (non-hydrogen) atoms. The SMILES string of the molecule is Cc1ccc(CCNC(=O)C2CCC(CN)CC2)o1. The van der Waals surface area contributed by atoms with Crippen LogP contribution in [0.3, 0.4) is 0 Å². The number of furan rings is 1. The minimum Gasteiger partial charge on any atom is -0.466 e. The van der Waals surface area contributed by atoms with Crippen molar-refractivity contribution in [3.63, 3.8) is 0 Å². The number of amides is 1. The van der Waals surface area contributed by atoms with Crippen LogP contribution in [0, 0.1) is 18.8 Å². The first-order valence-corrected chi connectivity index (χ1v) is 7.22. The molecule has 0 unspecified atom stereocenters. The van der Waals surface area contributed by atoms with Gasteiger partial charge in [0.2, 0.25) is 5.91 Å². The third-order valence-corrected chi connectivity index (χ3v) is 4.02. The molecule has 1 heterocycles. The summed E-state index contributed by atoms with van der Waals surface area (Å²) in [7, 11) is 0. The Hall–Kier alpha value is -1.29. The Morgan fingerprint density at radius 3 is 2.68 bits per heavy atom. The van der Waals surface area contributed by atoms with Crippen LogP contribution in [0.2, 0.25) is 0 Å². The molecule has 2 rings (SSSR count). The first-order valence-electron chi connectivity index (χ1n) is 7.22. The van der Waals surface area contributed by atoms with Crippen molar-refractivity contribution in [2.45, 2.75) is 39.0 Å². The fourth-order valence-electron chi connectivity index (χ4n) is 2.73. The highest BCUT2D eigenvalue weighted by Gasteiger charge is 2.25. The number of carbonyl (C=O) groups is 1. The highest BCUT2D eigenvalue weighted by molar-refractivity contribution is 5.78. The lowest BCUT2D eigenvalue weighted by atomic mass is 9.81. The lowest BCUT2D eigenvalue weighted by molar-refractivity contribution is -0.126. The normalized spacial score (nSPS) is 23.3. The molecule has 0 radical (unpaired) electrons. The lowest BCUT2D eigenvalue weighted by Crippen LogP contribution is -2.35. The van der Waals surface area contributed by atoms with E-state index in [1.54, 1.807) is 0 Å². The Morgan fingerprint density at radius 2 is 2.11 bits per heavy atom. The molecule has 0 saturated heterocycles. The Kier molecular flexibility index (Phi) is 5.02. The number of hydrogen-bond donors (Lipinski definition) is 2. The maximum atomic E-state index is 12.0. The highest BCUT2D eigenvalue weighted by atomic mass is 16.3. The van der Waals surface area contributed by atoms with Crippen LogP contribution in [0.5, 0.6) is 0 Å². The molecule has 3 N–H and O–H groups in total. The molecule has 1 saturated carbocycles. The van der Waals surface area contributed by atoms with Crippen molar-refractivity contribution in [3.05, 3.63) is 23.7 Å². The average molecular weight is 264 g/mol. The van der Waals surface area contributed by atoms with Gasteiger partial charge in [-0.05, 0) is 57.2 Å². The monoisotopic (exact) mass is 264 g/mol. The Labute approximate surface area is 114 Å². The van der Waals surface area contributed by atoms with Gasteiger partial charge in [-0.3, -0.25) is 4.79 Å². The van der Waals surface area contributed by atoms with Crippen LogP contribution in [-0.2, 0) is 11.2 Å². The number of rotatable bonds is 5. The number of carbonyl (C=O) groups excluding carboxylic acids is 1. The van der Waals surface area contributed by atoms with Gasteiger partial charge in [0.25, 0.3) is 0 Å². The average Bonchev–Trinajstić information content (AvgIpc) is 2.84. The molecule has 1 fully saturated rings. The summed E-state index contributed by atoms with van der Waals surface area (Å²) in [6, 6.07) is 3.92. The third-order valence-electron chi connectivity index (χ3n) is 4.02. The van der Waals surface area contributed by atoms with E-state index >= 15 is 0 Å².